The second kappa shape index (κ2) is 7.08. The summed E-state index contributed by atoms with van der Waals surface area (Å²) >= 11 is 0. The third-order valence-corrected chi connectivity index (χ3v) is 5.71. The number of nitrogens with one attached hydrogen (secondary N) is 1. The zero-order valence-corrected chi connectivity index (χ0v) is 18.1. The minimum Gasteiger partial charge on any atom is -0.384 e. The lowest BCUT2D eigenvalue weighted by atomic mass is 10.0. The molecule has 4 nitrogen and oxygen atoms in total. The van der Waals surface area contributed by atoms with Gasteiger partial charge in [-0.15, -0.1) is 4.59 Å². The summed E-state index contributed by atoms with van der Waals surface area (Å²) in [5.74, 6) is 1.06. The first-order valence-corrected chi connectivity index (χ1v) is 10.1. The molecule has 1 aliphatic heterocycles. The molecule has 1 N–H and O–H groups in total. The summed E-state index contributed by atoms with van der Waals surface area (Å²) in [6.07, 6.45) is 1.09. The molecule has 0 spiro atoms. The number of hydrogen-bond acceptors (Lipinski definition) is 3. The number of nitrogens with zero attached hydrogens (tertiary/aromatic N) is 3. The topological polar surface area (TPSA) is 37.3 Å². The van der Waals surface area contributed by atoms with E-state index in [0.717, 1.165) is 36.7 Å². The Labute approximate surface area is 163 Å². The highest BCUT2D eigenvalue weighted by Crippen LogP contribution is 2.47. The van der Waals surface area contributed by atoms with Crippen LogP contribution in [0, 0.1) is 34.6 Å². The van der Waals surface area contributed by atoms with Crippen molar-refractivity contribution < 1.29 is 0 Å². The Hall–Kier alpha value is -2.20. The average Bonchev–Trinajstić information content (AvgIpc) is 2.87. The maximum absolute atomic E-state index is 5.23. The fourth-order valence-electron chi connectivity index (χ4n) is 4.50. The minimum absolute atomic E-state index is 0.459. The van der Waals surface area contributed by atoms with Gasteiger partial charge >= 0.3 is 0 Å². The van der Waals surface area contributed by atoms with Gasteiger partial charge in [-0.05, 0) is 60.5 Å². The Balaban J connectivity index is 2.35. The molecule has 0 saturated heterocycles. The van der Waals surface area contributed by atoms with Gasteiger partial charge in [0, 0.05) is 23.4 Å². The first-order chi connectivity index (χ1) is 12.8. The normalized spacial score (nSPS) is 18.4. The Bertz CT molecular complexity index is 903. The van der Waals surface area contributed by atoms with E-state index in [1.807, 2.05) is 0 Å². The van der Waals surface area contributed by atoms with E-state index in [2.05, 4.69) is 72.8 Å². The summed E-state index contributed by atoms with van der Waals surface area (Å²) in [4.78, 5) is 5.10. The fourth-order valence-corrected chi connectivity index (χ4v) is 4.50. The fraction of sp³-hybridized carbons (Fsp3) is 0.478. The van der Waals surface area contributed by atoms with Crippen molar-refractivity contribution in [3.63, 3.8) is 0 Å². The third-order valence-electron chi connectivity index (χ3n) is 5.71. The third kappa shape index (κ3) is 2.96. The predicted molar refractivity (Wildman–Crippen MR) is 117 cm³/mol. The lowest BCUT2D eigenvalue weighted by molar-refractivity contribution is 0.418. The molecule has 4 heteroatoms. The first-order valence-electron chi connectivity index (χ1n) is 10.1. The van der Waals surface area contributed by atoms with E-state index in [-0.39, 0.29) is 0 Å². The molecule has 1 atom stereocenters. The molecule has 27 heavy (non-hydrogen) atoms. The molecule has 0 amide bonds. The summed E-state index contributed by atoms with van der Waals surface area (Å²) in [6, 6.07) is 4.52. The molecule has 0 fully saturated rings. The van der Waals surface area contributed by atoms with Gasteiger partial charge in [0.2, 0.25) is 0 Å². The van der Waals surface area contributed by atoms with Crippen molar-refractivity contribution in [3.05, 3.63) is 45.6 Å². The largest absolute Gasteiger partial charge is 0.384 e. The molecule has 1 aromatic heterocycles. The standard InChI is InChI=1S/C23H33N4/c1-9-11-24-21-17(6)18(7)25-23-20(21)19(8)26-27(23,10-2)22-15(4)12-14(3)13-16(22)5/h12-13H,9-11H2,1-8H3,(H,24,25)/q+1. The SMILES string of the molecule is CCCNc1c(C)c(C)nc2c1C(C)=N[N+]2(CC)c1c(C)cc(C)cc1C. The van der Waals surface area contributed by atoms with Crippen LogP contribution in [0.15, 0.2) is 17.2 Å². The van der Waals surface area contributed by atoms with Crippen molar-refractivity contribution in [2.45, 2.75) is 61.8 Å². The van der Waals surface area contributed by atoms with Crippen molar-refractivity contribution >= 4 is 22.9 Å². The minimum atomic E-state index is 0.459. The van der Waals surface area contributed by atoms with Crippen LogP contribution in [0.2, 0.25) is 0 Å². The second-order valence-corrected chi connectivity index (χ2v) is 7.84. The lowest BCUT2D eigenvalue weighted by Gasteiger charge is -2.30. The number of hydrogen-bond donors (Lipinski definition) is 1. The van der Waals surface area contributed by atoms with Gasteiger partial charge in [0.25, 0.3) is 5.82 Å². The van der Waals surface area contributed by atoms with Gasteiger partial charge < -0.3 is 5.32 Å². The monoisotopic (exact) mass is 365 g/mol. The number of aryl methyl sites for hydroxylation is 4. The summed E-state index contributed by atoms with van der Waals surface area (Å²) in [7, 11) is 0. The second-order valence-electron chi connectivity index (χ2n) is 7.84. The molecule has 0 saturated carbocycles. The van der Waals surface area contributed by atoms with Gasteiger partial charge in [-0.3, -0.25) is 0 Å². The van der Waals surface area contributed by atoms with E-state index in [4.69, 9.17) is 10.1 Å². The Morgan fingerprint density at radius 3 is 2.15 bits per heavy atom. The van der Waals surface area contributed by atoms with Crippen LogP contribution >= 0.6 is 0 Å². The Kier molecular flexibility index (Phi) is 5.13. The summed E-state index contributed by atoms with van der Waals surface area (Å²) in [6.45, 7) is 19.2. The van der Waals surface area contributed by atoms with Crippen LogP contribution in [0.25, 0.3) is 0 Å². The van der Waals surface area contributed by atoms with E-state index < -0.39 is 0 Å². The molecule has 144 valence electrons. The molecular weight excluding hydrogens is 332 g/mol. The van der Waals surface area contributed by atoms with Crippen molar-refractivity contribution in [3.8, 4) is 0 Å². The number of rotatable bonds is 5. The predicted octanol–water partition coefficient (Wildman–Crippen LogP) is 5.84. The van der Waals surface area contributed by atoms with Crippen molar-refractivity contribution in [2.24, 2.45) is 5.10 Å². The molecule has 1 unspecified atom stereocenters. The number of benzene rings is 1. The van der Waals surface area contributed by atoms with E-state index in [1.165, 1.54) is 39.2 Å². The molecule has 0 aliphatic carbocycles. The molecule has 1 aliphatic rings. The van der Waals surface area contributed by atoms with Gasteiger partial charge in [-0.25, -0.2) is 0 Å². The smallest absolute Gasteiger partial charge is 0.271 e. The first kappa shape index (κ1) is 19.6. The summed E-state index contributed by atoms with van der Waals surface area (Å²) in [5, 5.41) is 8.89. The maximum Gasteiger partial charge on any atom is 0.271 e. The van der Waals surface area contributed by atoms with Crippen LogP contribution in [0.4, 0.5) is 17.2 Å². The zero-order chi connectivity index (χ0) is 19.9. The average molecular weight is 366 g/mol. The molecule has 1 aromatic carbocycles. The van der Waals surface area contributed by atoms with E-state index in [1.54, 1.807) is 0 Å². The van der Waals surface area contributed by atoms with Gasteiger partial charge in [-0.2, -0.15) is 4.98 Å². The number of pyridine rings is 1. The maximum atomic E-state index is 5.23. The lowest BCUT2D eigenvalue weighted by Crippen LogP contribution is -2.39. The van der Waals surface area contributed by atoms with Crippen molar-refractivity contribution in [1.29, 1.82) is 0 Å². The Morgan fingerprint density at radius 2 is 1.59 bits per heavy atom. The summed E-state index contributed by atoms with van der Waals surface area (Å²) < 4.78 is 0.459. The Morgan fingerprint density at radius 1 is 0.963 bits per heavy atom. The number of fused-ring (bicyclic) bond motifs is 1. The highest BCUT2D eigenvalue weighted by Gasteiger charge is 2.46. The van der Waals surface area contributed by atoms with Gasteiger partial charge in [0.1, 0.15) is 17.8 Å². The van der Waals surface area contributed by atoms with Crippen LogP contribution in [0.5, 0.6) is 0 Å². The van der Waals surface area contributed by atoms with Crippen LogP contribution in [-0.4, -0.2) is 23.8 Å². The molecular formula is C23H33N4+. The number of quaternary nitrogens is 1. The highest BCUT2D eigenvalue weighted by atomic mass is 15.7. The van der Waals surface area contributed by atoms with Crippen LogP contribution in [-0.2, 0) is 0 Å². The van der Waals surface area contributed by atoms with Gasteiger partial charge in [0.15, 0.2) is 5.69 Å². The van der Waals surface area contributed by atoms with Crippen LogP contribution in [0.1, 0.15) is 60.7 Å². The van der Waals surface area contributed by atoms with Crippen molar-refractivity contribution in [1.82, 2.24) is 9.58 Å². The molecule has 2 heterocycles. The summed E-state index contributed by atoms with van der Waals surface area (Å²) in [5.41, 5.74) is 10.9. The van der Waals surface area contributed by atoms with Gasteiger partial charge in [-0.1, -0.05) is 29.7 Å². The zero-order valence-electron chi connectivity index (χ0n) is 18.1. The molecule has 0 bridgehead atoms. The molecule has 3 rings (SSSR count). The molecule has 0 radical (unpaired) electrons. The van der Waals surface area contributed by atoms with Crippen molar-refractivity contribution in [2.75, 3.05) is 18.4 Å². The van der Waals surface area contributed by atoms with Gasteiger partial charge in [0.05, 0.1) is 5.69 Å². The number of aromatic nitrogens is 1. The van der Waals surface area contributed by atoms with E-state index in [0.29, 0.717) is 4.59 Å². The molecule has 2 aromatic rings. The van der Waals surface area contributed by atoms with E-state index >= 15 is 0 Å². The quantitative estimate of drug-likeness (QED) is 0.676. The number of anilines is 1. The van der Waals surface area contributed by atoms with Crippen LogP contribution < -0.4 is 9.91 Å². The van der Waals surface area contributed by atoms with E-state index in [9.17, 15) is 0 Å². The highest BCUT2D eigenvalue weighted by molar-refractivity contribution is 6.11. The van der Waals surface area contributed by atoms with Crippen LogP contribution in [0.3, 0.4) is 0 Å².